The molecule has 0 bridgehead atoms. The molecule has 0 aliphatic rings. The van der Waals surface area contributed by atoms with Crippen LogP contribution in [0.5, 0.6) is 0 Å². The van der Waals surface area contributed by atoms with Gasteiger partial charge in [0.15, 0.2) is 0 Å². The SMILES string of the molecule is c1ccc(-c2ccc(-c3c(-c4cc5ccccc5c5ccccc45)cccc3N(c3ccc(-c4ccccc4)cc3)c3ccc4ccccc4c3)cc2)cc1. The number of hydrogen-bond acceptors (Lipinski definition) is 1. The standard InChI is InChI=1S/C54H37N/c1-3-14-38(15-4-1)41-26-28-43(29-27-41)54-51(52-37-45-20-9-10-21-48(45)49-22-11-12-23-50(49)52)24-13-25-53(54)55(47-35-32-40-18-7-8-19-44(40)36-47)46-33-30-42(31-34-46)39-16-5-2-6-17-39/h1-37H. The van der Waals surface area contributed by atoms with Crippen molar-refractivity contribution in [2.24, 2.45) is 0 Å². The van der Waals surface area contributed by atoms with Gasteiger partial charge in [-0.3, -0.25) is 0 Å². The van der Waals surface area contributed by atoms with Crippen LogP contribution in [0.4, 0.5) is 17.1 Å². The second-order valence-electron chi connectivity index (χ2n) is 14.1. The van der Waals surface area contributed by atoms with E-state index in [-0.39, 0.29) is 0 Å². The summed E-state index contributed by atoms with van der Waals surface area (Å²) in [4.78, 5) is 2.44. The molecule has 0 amide bonds. The molecule has 0 saturated heterocycles. The monoisotopic (exact) mass is 699 g/mol. The number of nitrogens with zero attached hydrogens (tertiary/aromatic N) is 1. The fraction of sp³-hybridized carbons (Fsp3) is 0. The first-order chi connectivity index (χ1) is 27.3. The van der Waals surface area contributed by atoms with Gasteiger partial charge < -0.3 is 4.90 Å². The molecular weight excluding hydrogens is 663 g/mol. The van der Waals surface area contributed by atoms with Gasteiger partial charge in [-0.2, -0.15) is 0 Å². The summed E-state index contributed by atoms with van der Waals surface area (Å²) in [6.07, 6.45) is 0. The lowest BCUT2D eigenvalue weighted by molar-refractivity contribution is 1.29. The highest BCUT2D eigenvalue weighted by atomic mass is 15.1. The van der Waals surface area contributed by atoms with Crippen molar-refractivity contribution in [1.82, 2.24) is 0 Å². The van der Waals surface area contributed by atoms with E-state index in [9.17, 15) is 0 Å². The molecule has 10 aromatic rings. The molecule has 10 rings (SSSR count). The minimum Gasteiger partial charge on any atom is -0.310 e. The van der Waals surface area contributed by atoms with E-state index in [0.717, 1.165) is 22.6 Å². The highest BCUT2D eigenvalue weighted by Gasteiger charge is 2.22. The first kappa shape index (κ1) is 32.4. The second-order valence-corrected chi connectivity index (χ2v) is 14.1. The van der Waals surface area contributed by atoms with Gasteiger partial charge in [0.05, 0.1) is 5.69 Å². The van der Waals surface area contributed by atoms with Crippen LogP contribution in [0.15, 0.2) is 224 Å². The molecule has 55 heavy (non-hydrogen) atoms. The van der Waals surface area contributed by atoms with Gasteiger partial charge in [0.25, 0.3) is 0 Å². The molecular formula is C54H37N. The van der Waals surface area contributed by atoms with Crippen LogP contribution >= 0.6 is 0 Å². The maximum atomic E-state index is 2.44. The number of hydrogen-bond donors (Lipinski definition) is 0. The van der Waals surface area contributed by atoms with Crippen molar-refractivity contribution in [3.8, 4) is 44.5 Å². The van der Waals surface area contributed by atoms with E-state index in [1.54, 1.807) is 0 Å². The van der Waals surface area contributed by atoms with Gasteiger partial charge in [0.2, 0.25) is 0 Å². The van der Waals surface area contributed by atoms with Crippen LogP contribution in [0, 0.1) is 0 Å². The van der Waals surface area contributed by atoms with Crippen LogP contribution in [0.1, 0.15) is 0 Å². The molecule has 0 saturated carbocycles. The zero-order valence-corrected chi connectivity index (χ0v) is 30.3. The van der Waals surface area contributed by atoms with E-state index in [0.29, 0.717) is 0 Å². The predicted octanol–water partition coefficient (Wildman–Crippen LogP) is 15.3. The average Bonchev–Trinajstić information content (AvgIpc) is 3.27. The van der Waals surface area contributed by atoms with E-state index in [1.165, 1.54) is 71.3 Å². The first-order valence-corrected chi connectivity index (χ1v) is 18.9. The number of anilines is 3. The Hall–Kier alpha value is -7.22. The largest absolute Gasteiger partial charge is 0.310 e. The third kappa shape index (κ3) is 6.02. The molecule has 258 valence electrons. The lowest BCUT2D eigenvalue weighted by Crippen LogP contribution is -2.12. The summed E-state index contributed by atoms with van der Waals surface area (Å²) in [5, 5.41) is 7.42. The molecule has 1 heteroatoms. The maximum absolute atomic E-state index is 2.44. The summed E-state index contributed by atoms with van der Waals surface area (Å²) in [5.74, 6) is 0. The lowest BCUT2D eigenvalue weighted by Gasteiger charge is -2.30. The molecule has 10 aromatic carbocycles. The molecule has 0 aromatic heterocycles. The molecule has 0 radical (unpaired) electrons. The molecule has 0 spiro atoms. The van der Waals surface area contributed by atoms with Gasteiger partial charge in [-0.15, -0.1) is 0 Å². The molecule has 0 fully saturated rings. The highest BCUT2D eigenvalue weighted by molar-refractivity contribution is 6.15. The van der Waals surface area contributed by atoms with Crippen molar-refractivity contribution in [3.05, 3.63) is 224 Å². The number of rotatable bonds is 7. The molecule has 0 atom stereocenters. The van der Waals surface area contributed by atoms with Gasteiger partial charge in [0, 0.05) is 16.9 Å². The Balaban J connectivity index is 1.25. The Bertz CT molecular complexity index is 2950. The first-order valence-electron chi connectivity index (χ1n) is 18.9. The van der Waals surface area contributed by atoms with Crippen LogP contribution in [0.2, 0.25) is 0 Å². The van der Waals surface area contributed by atoms with Crippen molar-refractivity contribution in [1.29, 1.82) is 0 Å². The maximum Gasteiger partial charge on any atom is 0.0546 e. The summed E-state index contributed by atoms with van der Waals surface area (Å²) in [6, 6.07) is 81.6. The molecule has 0 aliphatic carbocycles. The zero-order valence-electron chi connectivity index (χ0n) is 30.3. The molecule has 0 unspecified atom stereocenters. The third-order valence-electron chi connectivity index (χ3n) is 10.8. The summed E-state index contributed by atoms with van der Waals surface area (Å²) in [5.41, 5.74) is 12.9. The molecule has 1 nitrogen and oxygen atoms in total. The Kier molecular flexibility index (Phi) is 8.24. The normalized spacial score (nSPS) is 11.3. The fourth-order valence-corrected chi connectivity index (χ4v) is 8.17. The van der Waals surface area contributed by atoms with E-state index >= 15 is 0 Å². The predicted molar refractivity (Wildman–Crippen MR) is 235 cm³/mol. The fourth-order valence-electron chi connectivity index (χ4n) is 8.17. The highest BCUT2D eigenvalue weighted by Crippen LogP contribution is 2.48. The van der Waals surface area contributed by atoms with E-state index in [4.69, 9.17) is 0 Å². The van der Waals surface area contributed by atoms with Gasteiger partial charge >= 0.3 is 0 Å². The molecule has 0 heterocycles. The van der Waals surface area contributed by atoms with Gasteiger partial charge in [-0.05, 0) is 108 Å². The van der Waals surface area contributed by atoms with Gasteiger partial charge in [-0.25, -0.2) is 0 Å². The van der Waals surface area contributed by atoms with Gasteiger partial charge in [0.1, 0.15) is 0 Å². The number of fused-ring (bicyclic) bond motifs is 4. The smallest absolute Gasteiger partial charge is 0.0546 e. The van der Waals surface area contributed by atoms with Gasteiger partial charge in [-0.1, -0.05) is 188 Å². The van der Waals surface area contributed by atoms with Crippen LogP contribution in [0.3, 0.4) is 0 Å². The van der Waals surface area contributed by atoms with Crippen LogP contribution in [-0.4, -0.2) is 0 Å². The van der Waals surface area contributed by atoms with Crippen molar-refractivity contribution in [2.45, 2.75) is 0 Å². The minimum absolute atomic E-state index is 1.10. The summed E-state index contributed by atoms with van der Waals surface area (Å²) < 4.78 is 0. The quantitative estimate of drug-likeness (QED) is 0.150. The Morgan fingerprint density at radius 2 is 0.764 bits per heavy atom. The second kappa shape index (κ2) is 14.0. The topological polar surface area (TPSA) is 3.24 Å². The van der Waals surface area contributed by atoms with E-state index in [2.05, 4.69) is 229 Å². The van der Waals surface area contributed by atoms with Crippen LogP contribution < -0.4 is 4.90 Å². The zero-order chi connectivity index (χ0) is 36.6. The van der Waals surface area contributed by atoms with Crippen molar-refractivity contribution < 1.29 is 0 Å². The van der Waals surface area contributed by atoms with E-state index < -0.39 is 0 Å². The van der Waals surface area contributed by atoms with E-state index in [1.807, 2.05) is 0 Å². The summed E-state index contributed by atoms with van der Waals surface area (Å²) >= 11 is 0. The minimum atomic E-state index is 1.10. The third-order valence-corrected chi connectivity index (χ3v) is 10.8. The van der Waals surface area contributed by atoms with Crippen molar-refractivity contribution in [3.63, 3.8) is 0 Å². The average molecular weight is 700 g/mol. The molecule has 0 N–H and O–H groups in total. The Morgan fingerprint density at radius 1 is 0.255 bits per heavy atom. The molecule has 0 aliphatic heterocycles. The van der Waals surface area contributed by atoms with Crippen LogP contribution in [-0.2, 0) is 0 Å². The number of benzene rings is 10. The van der Waals surface area contributed by atoms with Crippen molar-refractivity contribution in [2.75, 3.05) is 4.90 Å². The summed E-state index contributed by atoms with van der Waals surface area (Å²) in [6.45, 7) is 0. The lowest BCUT2D eigenvalue weighted by atomic mass is 9.87. The Morgan fingerprint density at radius 3 is 1.45 bits per heavy atom. The van der Waals surface area contributed by atoms with Crippen LogP contribution in [0.25, 0.3) is 76.8 Å². The Labute approximate surface area is 322 Å². The van der Waals surface area contributed by atoms with Crippen molar-refractivity contribution >= 4 is 49.4 Å². The summed E-state index contributed by atoms with van der Waals surface area (Å²) in [7, 11) is 0.